The van der Waals surface area contributed by atoms with Crippen LogP contribution >= 0.6 is 12.4 Å². The maximum absolute atomic E-state index is 11.7. The van der Waals surface area contributed by atoms with Crippen LogP contribution in [-0.2, 0) is 0 Å². The molecule has 0 spiro atoms. The summed E-state index contributed by atoms with van der Waals surface area (Å²) >= 11 is 0. The predicted octanol–water partition coefficient (Wildman–Crippen LogP) is 0.283. The normalized spacial score (nSPS) is 30.9. The first-order chi connectivity index (χ1) is 2.80. The molecule has 1 atom stereocenters. The van der Waals surface area contributed by atoms with Gasteiger partial charge in [-0.05, 0) is 0 Å². The van der Waals surface area contributed by atoms with Crippen molar-refractivity contribution in [1.29, 1.82) is 0 Å². The van der Waals surface area contributed by atoms with Crippen LogP contribution in [0.5, 0.6) is 0 Å². The lowest BCUT2D eigenvalue weighted by atomic mass is 10.2. The van der Waals surface area contributed by atoms with Crippen molar-refractivity contribution in [2.75, 3.05) is 6.54 Å². The molecule has 0 amide bonds. The van der Waals surface area contributed by atoms with Crippen molar-refractivity contribution in [3.63, 3.8) is 0 Å². The Kier molecular flexibility index (Phi) is 2.50. The molecule has 1 unspecified atom stereocenters. The molecule has 1 saturated heterocycles. The van der Waals surface area contributed by atoms with Crippen LogP contribution in [-0.4, -0.2) is 17.8 Å². The van der Waals surface area contributed by atoms with Crippen LogP contribution in [0.2, 0.25) is 0 Å². The lowest BCUT2D eigenvalue weighted by Crippen LogP contribution is -2.49. The third-order valence-electron chi connectivity index (χ3n) is 0.985. The van der Waals surface area contributed by atoms with E-state index in [4.69, 9.17) is 5.84 Å². The number of hydrogen-bond donors (Lipinski definition) is 1. The first kappa shape index (κ1) is 7.14. The highest BCUT2D eigenvalue weighted by Gasteiger charge is 2.22. The number of rotatable bonds is 0. The van der Waals surface area contributed by atoms with E-state index in [1.807, 2.05) is 0 Å². The summed E-state index contributed by atoms with van der Waals surface area (Å²) in [7, 11) is 0. The van der Waals surface area contributed by atoms with Crippen molar-refractivity contribution >= 4 is 12.4 Å². The highest BCUT2D eigenvalue weighted by atomic mass is 35.5. The molecule has 0 aromatic heterocycles. The third-order valence-corrected chi connectivity index (χ3v) is 0.985. The van der Waals surface area contributed by atoms with E-state index in [0.29, 0.717) is 13.0 Å². The smallest absolute Gasteiger partial charge is 0.166 e. The van der Waals surface area contributed by atoms with Gasteiger partial charge in [0.1, 0.15) is 0 Å². The van der Waals surface area contributed by atoms with Crippen LogP contribution in [0.25, 0.3) is 0 Å². The molecule has 1 aliphatic heterocycles. The molecule has 0 aliphatic carbocycles. The summed E-state index contributed by atoms with van der Waals surface area (Å²) in [5.41, 5.74) is 0. The fraction of sp³-hybridized carbons (Fsp3) is 1.00. The Morgan fingerprint density at radius 2 is 2.14 bits per heavy atom. The maximum atomic E-state index is 11.7. The molecular formula is C3H8ClFN2. The van der Waals surface area contributed by atoms with Crippen molar-refractivity contribution in [2.45, 2.75) is 12.7 Å². The van der Waals surface area contributed by atoms with Gasteiger partial charge in [0.25, 0.3) is 0 Å². The molecule has 4 heteroatoms. The zero-order valence-corrected chi connectivity index (χ0v) is 4.62. The van der Waals surface area contributed by atoms with E-state index in [0.717, 1.165) is 0 Å². The maximum Gasteiger partial charge on any atom is 0.166 e. The molecule has 0 saturated carbocycles. The fourth-order valence-corrected chi connectivity index (χ4v) is 0.376. The standard InChI is InChI=1S/C3H7FN2.ClH/c4-3-1-2-6(3)5;/h3H,1-2,5H2;1H. The fourth-order valence-electron chi connectivity index (χ4n) is 0.376. The van der Waals surface area contributed by atoms with Gasteiger partial charge >= 0.3 is 0 Å². The average Bonchev–Trinajstić information content (AvgIpc) is 1.61. The Labute approximate surface area is 47.9 Å². The number of hydrazine groups is 1. The molecule has 2 nitrogen and oxygen atoms in total. The van der Waals surface area contributed by atoms with E-state index in [1.54, 1.807) is 0 Å². The van der Waals surface area contributed by atoms with Crippen molar-refractivity contribution in [2.24, 2.45) is 5.84 Å². The SMILES string of the molecule is Cl.NN1CCC1F. The molecule has 1 heterocycles. The van der Waals surface area contributed by atoms with Crippen LogP contribution in [0.15, 0.2) is 0 Å². The van der Waals surface area contributed by atoms with E-state index >= 15 is 0 Å². The predicted molar refractivity (Wildman–Crippen MR) is 27.7 cm³/mol. The van der Waals surface area contributed by atoms with Crippen molar-refractivity contribution in [1.82, 2.24) is 5.01 Å². The monoisotopic (exact) mass is 126 g/mol. The molecule has 1 fully saturated rings. The minimum atomic E-state index is -0.856. The van der Waals surface area contributed by atoms with Crippen molar-refractivity contribution in [3.8, 4) is 0 Å². The van der Waals surface area contributed by atoms with Crippen molar-refractivity contribution in [3.05, 3.63) is 0 Å². The third kappa shape index (κ3) is 1.26. The van der Waals surface area contributed by atoms with Gasteiger partial charge in [0.05, 0.1) is 0 Å². The van der Waals surface area contributed by atoms with Gasteiger partial charge in [-0.2, -0.15) is 0 Å². The van der Waals surface area contributed by atoms with E-state index < -0.39 is 6.30 Å². The Hall–Kier alpha value is 0.140. The summed E-state index contributed by atoms with van der Waals surface area (Å²) < 4.78 is 11.7. The molecule has 2 N–H and O–H groups in total. The summed E-state index contributed by atoms with van der Waals surface area (Å²) in [5, 5.41) is 1.18. The summed E-state index contributed by atoms with van der Waals surface area (Å²) in [4.78, 5) is 0. The topological polar surface area (TPSA) is 29.3 Å². The number of halogens is 2. The minimum Gasteiger partial charge on any atom is -0.266 e. The summed E-state index contributed by atoms with van der Waals surface area (Å²) in [5.74, 6) is 4.98. The molecule has 1 rings (SSSR count). The van der Waals surface area contributed by atoms with E-state index in [2.05, 4.69) is 0 Å². The molecule has 0 aromatic rings. The van der Waals surface area contributed by atoms with E-state index in [9.17, 15) is 4.39 Å². The Morgan fingerprint density at radius 3 is 2.14 bits per heavy atom. The lowest BCUT2D eigenvalue weighted by molar-refractivity contribution is -0.00939. The van der Waals surface area contributed by atoms with E-state index in [-0.39, 0.29) is 12.4 Å². The Morgan fingerprint density at radius 1 is 1.71 bits per heavy atom. The number of nitrogens with two attached hydrogens (primary N) is 1. The van der Waals surface area contributed by atoms with Crippen molar-refractivity contribution < 1.29 is 4.39 Å². The zero-order chi connectivity index (χ0) is 4.57. The molecule has 44 valence electrons. The van der Waals surface area contributed by atoms with Gasteiger partial charge in [0.2, 0.25) is 0 Å². The Bertz CT molecular complexity index is 52.9. The number of nitrogens with zero attached hydrogens (tertiary/aromatic N) is 1. The van der Waals surface area contributed by atoms with Crippen LogP contribution in [0.1, 0.15) is 6.42 Å². The van der Waals surface area contributed by atoms with Gasteiger partial charge in [-0.1, -0.05) is 0 Å². The highest BCUT2D eigenvalue weighted by molar-refractivity contribution is 5.85. The first-order valence-corrected chi connectivity index (χ1v) is 1.96. The molecule has 7 heavy (non-hydrogen) atoms. The first-order valence-electron chi connectivity index (χ1n) is 1.96. The number of hydrogen-bond acceptors (Lipinski definition) is 2. The van der Waals surface area contributed by atoms with Crippen LogP contribution in [0, 0.1) is 0 Å². The van der Waals surface area contributed by atoms with Gasteiger partial charge in [0.15, 0.2) is 6.30 Å². The van der Waals surface area contributed by atoms with Crippen LogP contribution in [0.4, 0.5) is 4.39 Å². The number of alkyl halides is 1. The molecule has 0 aromatic carbocycles. The quantitative estimate of drug-likeness (QED) is 0.373. The molecule has 0 radical (unpaired) electrons. The molecular weight excluding hydrogens is 118 g/mol. The van der Waals surface area contributed by atoms with Gasteiger partial charge in [-0.3, -0.25) is 5.84 Å². The lowest BCUT2D eigenvalue weighted by Gasteiger charge is -2.29. The summed E-state index contributed by atoms with van der Waals surface area (Å²) in [6.45, 7) is 0.709. The molecule has 0 bridgehead atoms. The Balaban J connectivity index is 0.000000360. The zero-order valence-electron chi connectivity index (χ0n) is 3.80. The second-order valence-electron chi connectivity index (χ2n) is 1.46. The summed E-state index contributed by atoms with van der Waals surface area (Å²) in [6, 6.07) is 0. The largest absolute Gasteiger partial charge is 0.266 e. The van der Waals surface area contributed by atoms with E-state index in [1.165, 1.54) is 5.01 Å². The summed E-state index contributed by atoms with van der Waals surface area (Å²) in [6.07, 6.45) is -0.249. The van der Waals surface area contributed by atoms with Crippen LogP contribution < -0.4 is 5.84 Å². The van der Waals surface area contributed by atoms with Gasteiger partial charge in [-0.25, -0.2) is 9.40 Å². The van der Waals surface area contributed by atoms with Crippen LogP contribution in [0.3, 0.4) is 0 Å². The van der Waals surface area contributed by atoms with Gasteiger partial charge in [-0.15, -0.1) is 12.4 Å². The highest BCUT2D eigenvalue weighted by Crippen LogP contribution is 2.11. The molecule has 1 aliphatic rings. The average molecular weight is 127 g/mol. The van der Waals surface area contributed by atoms with Gasteiger partial charge < -0.3 is 0 Å². The minimum absolute atomic E-state index is 0. The second-order valence-corrected chi connectivity index (χ2v) is 1.46. The van der Waals surface area contributed by atoms with Gasteiger partial charge in [0, 0.05) is 13.0 Å². The second kappa shape index (κ2) is 2.45.